The molecular formula is C8H10ClN3. The normalized spacial score (nSPS) is 11.2. The molecule has 0 radical (unpaired) electrons. The molecule has 1 aromatic rings. The maximum atomic E-state index is 8.74. The van der Waals surface area contributed by atoms with E-state index < -0.39 is 5.41 Å². The fourth-order valence-electron chi connectivity index (χ4n) is 0.865. The van der Waals surface area contributed by atoms with E-state index in [2.05, 4.69) is 11.2 Å². The van der Waals surface area contributed by atoms with E-state index in [4.69, 9.17) is 16.9 Å². The lowest BCUT2D eigenvalue weighted by molar-refractivity contribution is 0.384. The molecule has 0 bridgehead atoms. The van der Waals surface area contributed by atoms with E-state index in [1.54, 1.807) is 17.1 Å². The fraction of sp³-hybridized carbons (Fsp3) is 0.500. The SMILES string of the molecule is CC(C)(C#N)Cn1cc(Cl)cn1. The van der Waals surface area contributed by atoms with Crippen molar-refractivity contribution in [3.63, 3.8) is 0 Å². The first-order valence-corrected chi connectivity index (χ1v) is 4.00. The molecule has 0 aromatic carbocycles. The van der Waals surface area contributed by atoms with Crippen LogP contribution in [0.25, 0.3) is 0 Å². The highest BCUT2D eigenvalue weighted by Gasteiger charge is 2.17. The Kier molecular flexibility index (Phi) is 2.39. The van der Waals surface area contributed by atoms with Crippen molar-refractivity contribution in [2.24, 2.45) is 5.41 Å². The predicted octanol–water partition coefficient (Wildman–Crippen LogP) is 2.09. The van der Waals surface area contributed by atoms with Crippen LogP contribution in [0.15, 0.2) is 12.4 Å². The van der Waals surface area contributed by atoms with Crippen molar-refractivity contribution in [1.29, 1.82) is 5.26 Å². The first-order chi connectivity index (χ1) is 5.53. The van der Waals surface area contributed by atoms with Crippen LogP contribution < -0.4 is 0 Å². The molecule has 3 nitrogen and oxygen atoms in total. The van der Waals surface area contributed by atoms with Gasteiger partial charge in [-0.3, -0.25) is 4.68 Å². The molecule has 1 rings (SSSR count). The van der Waals surface area contributed by atoms with Gasteiger partial charge in [-0.05, 0) is 13.8 Å². The Hall–Kier alpha value is -1.01. The van der Waals surface area contributed by atoms with Crippen LogP contribution in [0.4, 0.5) is 0 Å². The second-order valence-electron chi connectivity index (χ2n) is 3.35. The predicted molar refractivity (Wildman–Crippen MR) is 46.6 cm³/mol. The van der Waals surface area contributed by atoms with Gasteiger partial charge >= 0.3 is 0 Å². The molecule has 4 heteroatoms. The zero-order valence-corrected chi connectivity index (χ0v) is 7.84. The summed E-state index contributed by atoms with van der Waals surface area (Å²) in [6.45, 7) is 4.29. The smallest absolute Gasteiger partial charge is 0.0785 e. The van der Waals surface area contributed by atoms with Gasteiger partial charge in [0.05, 0.1) is 29.2 Å². The average molecular weight is 184 g/mol. The Balaban J connectivity index is 2.72. The van der Waals surface area contributed by atoms with Crippen LogP contribution in [0.5, 0.6) is 0 Å². The van der Waals surface area contributed by atoms with E-state index in [1.165, 1.54) is 0 Å². The van der Waals surface area contributed by atoms with E-state index in [0.717, 1.165) is 0 Å². The molecule has 0 N–H and O–H groups in total. The molecule has 0 aliphatic heterocycles. The van der Waals surface area contributed by atoms with Gasteiger partial charge in [0.1, 0.15) is 0 Å². The van der Waals surface area contributed by atoms with Crippen LogP contribution in [0.2, 0.25) is 5.02 Å². The summed E-state index contributed by atoms with van der Waals surface area (Å²) in [4.78, 5) is 0. The number of hydrogen-bond donors (Lipinski definition) is 0. The third kappa shape index (κ3) is 2.24. The molecule has 0 aliphatic carbocycles. The van der Waals surface area contributed by atoms with Crippen LogP contribution in [-0.4, -0.2) is 9.78 Å². The molecule has 0 fully saturated rings. The summed E-state index contributed by atoms with van der Waals surface area (Å²) in [6.07, 6.45) is 3.27. The van der Waals surface area contributed by atoms with Gasteiger partial charge in [-0.25, -0.2) is 0 Å². The summed E-state index contributed by atoms with van der Waals surface area (Å²) in [6, 6.07) is 2.20. The maximum Gasteiger partial charge on any atom is 0.0785 e. The largest absolute Gasteiger partial charge is 0.270 e. The van der Waals surface area contributed by atoms with Gasteiger partial charge in [-0.1, -0.05) is 11.6 Å². The molecule has 0 atom stereocenters. The van der Waals surface area contributed by atoms with Crippen molar-refractivity contribution in [3.8, 4) is 6.07 Å². The lowest BCUT2D eigenvalue weighted by Gasteiger charge is -2.14. The number of aromatic nitrogens is 2. The van der Waals surface area contributed by atoms with E-state index in [-0.39, 0.29) is 0 Å². The number of hydrogen-bond acceptors (Lipinski definition) is 2. The Morgan fingerprint density at radius 2 is 2.42 bits per heavy atom. The zero-order chi connectivity index (χ0) is 9.19. The minimum absolute atomic E-state index is 0.394. The highest BCUT2D eigenvalue weighted by molar-refractivity contribution is 6.30. The fourth-order valence-corrected chi connectivity index (χ4v) is 1.02. The minimum atomic E-state index is -0.394. The van der Waals surface area contributed by atoms with Crippen molar-refractivity contribution in [2.75, 3.05) is 0 Å². The standard InChI is InChI=1S/C8H10ClN3/c1-8(2,5-10)6-12-4-7(9)3-11-12/h3-4H,6H2,1-2H3. The molecule has 64 valence electrons. The molecule has 12 heavy (non-hydrogen) atoms. The van der Waals surface area contributed by atoms with Gasteiger partial charge in [0.15, 0.2) is 0 Å². The lowest BCUT2D eigenvalue weighted by Crippen LogP contribution is -2.17. The van der Waals surface area contributed by atoms with Crippen molar-refractivity contribution in [3.05, 3.63) is 17.4 Å². The third-order valence-electron chi connectivity index (χ3n) is 1.46. The van der Waals surface area contributed by atoms with Crippen molar-refractivity contribution in [1.82, 2.24) is 9.78 Å². The summed E-state index contributed by atoms with van der Waals surface area (Å²) >= 11 is 5.67. The number of nitrogens with zero attached hydrogens (tertiary/aromatic N) is 3. The molecule has 0 amide bonds. The van der Waals surface area contributed by atoms with E-state index >= 15 is 0 Å². The number of nitriles is 1. The first kappa shape index (κ1) is 9.08. The Morgan fingerprint density at radius 1 is 1.75 bits per heavy atom. The van der Waals surface area contributed by atoms with E-state index in [9.17, 15) is 0 Å². The highest BCUT2D eigenvalue weighted by Crippen LogP contribution is 2.16. The summed E-state index contributed by atoms with van der Waals surface area (Å²) in [5.74, 6) is 0. The Bertz CT molecular complexity index is 308. The average Bonchev–Trinajstić information content (AvgIpc) is 2.35. The first-order valence-electron chi connectivity index (χ1n) is 3.63. The summed E-state index contributed by atoms with van der Waals surface area (Å²) in [5.41, 5.74) is -0.394. The van der Waals surface area contributed by atoms with Crippen molar-refractivity contribution in [2.45, 2.75) is 20.4 Å². The van der Waals surface area contributed by atoms with Gasteiger partial charge in [0.25, 0.3) is 0 Å². The molecular weight excluding hydrogens is 174 g/mol. The topological polar surface area (TPSA) is 41.6 Å². The van der Waals surface area contributed by atoms with Gasteiger partial charge in [-0.15, -0.1) is 0 Å². The van der Waals surface area contributed by atoms with E-state index in [0.29, 0.717) is 11.6 Å². The molecule has 0 spiro atoms. The molecule has 1 heterocycles. The molecule has 1 aromatic heterocycles. The van der Waals surface area contributed by atoms with Crippen LogP contribution in [0.1, 0.15) is 13.8 Å². The molecule has 0 unspecified atom stereocenters. The van der Waals surface area contributed by atoms with Gasteiger partial charge < -0.3 is 0 Å². The second-order valence-corrected chi connectivity index (χ2v) is 3.79. The number of halogens is 1. The van der Waals surface area contributed by atoms with Crippen molar-refractivity contribution < 1.29 is 0 Å². The lowest BCUT2D eigenvalue weighted by atomic mass is 9.96. The van der Waals surface area contributed by atoms with Gasteiger partial charge in [0.2, 0.25) is 0 Å². The van der Waals surface area contributed by atoms with E-state index in [1.807, 2.05) is 13.8 Å². The van der Waals surface area contributed by atoms with Crippen LogP contribution in [0.3, 0.4) is 0 Å². The molecule has 0 saturated heterocycles. The van der Waals surface area contributed by atoms with Crippen LogP contribution >= 0.6 is 11.6 Å². The van der Waals surface area contributed by atoms with Crippen molar-refractivity contribution >= 4 is 11.6 Å². The Morgan fingerprint density at radius 3 is 2.83 bits per heavy atom. The van der Waals surface area contributed by atoms with Gasteiger partial charge in [0, 0.05) is 6.20 Å². The summed E-state index contributed by atoms with van der Waals surface area (Å²) in [7, 11) is 0. The third-order valence-corrected chi connectivity index (χ3v) is 1.66. The highest BCUT2D eigenvalue weighted by atomic mass is 35.5. The zero-order valence-electron chi connectivity index (χ0n) is 7.08. The van der Waals surface area contributed by atoms with Crippen LogP contribution in [0, 0.1) is 16.7 Å². The Labute approximate surface area is 76.6 Å². The van der Waals surface area contributed by atoms with Gasteiger partial charge in [-0.2, -0.15) is 10.4 Å². The summed E-state index contributed by atoms with van der Waals surface area (Å²) in [5, 5.41) is 13.3. The minimum Gasteiger partial charge on any atom is -0.270 e. The number of rotatable bonds is 2. The van der Waals surface area contributed by atoms with Crippen LogP contribution in [-0.2, 0) is 6.54 Å². The second kappa shape index (κ2) is 3.16. The quantitative estimate of drug-likeness (QED) is 0.705. The summed E-state index contributed by atoms with van der Waals surface area (Å²) < 4.78 is 1.67. The monoisotopic (exact) mass is 183 g/mol. The molecule has 0 saturated carbocycles. The molecule has 0 aliphatic rings. The maximum absolute atomic E-state index is 8.74.